The second kappa shape index (κ2) is 9.58. The number of hydrogen-bond donors (Lipinski definition) is 2. The zero-order valence-corrected chi connectivity index (χ0v) is 14.7. The van der Waals surface area contributed by atoms with Gasteiger partial charge in [0.25, 0.3) is 5.91 Å². The van der Waals surface area contributed by atoms with E-state index in [-0.39, 0.29) is 17.9 Å². The van der Waals surface area contributed by atoms with E-state index in [1.54, 1.807) is 13.0 Å². The predicted molar refractivity (Wildman–Crippen MR) is 91.3 cm³/mol. The molecule has 2 atom stereocenters. The van der Waals surface area contributed by atoms with Gasteiger partial charge in [0.2, 0.25) is 5.91 Å². The monoisotopic (exact) mass is 325 g/mol. The lowest BCUT2D eigenvalue weighted by molar-refractivity contribution is -0.123. The van der Waals surface area contributed by atoms with Gasteiger partial charge < -0.3 is 15.5 Å². The van der Waals surface area contributed by atoms with Crippen molar-refractivity contribution in [3.05, 3.63) is 22.4 Å². The first-order valence-electron chi connectivity index (χ1n) is 7.85. The lowest BCUT2D eigenvalue weighted by Crippen LogP contribution is -2.50. The van der Waals surface area contributed by atoms with Crippen LogP contribution < -0.4 is 10.6 Å². The average molecular weight is 325 g/mol. The molecule has 6 heteroatoms. The SMILES string of the molecule is CCCN(CC)C[C@@H](C)NC(=O)[C@@H](C)NC(=O)c1cccs1. The number of likely N-dealkylation sites (N-methyl/N-ethyl adjacent to an activating group) is 1. The fourth-order valence-electron chi connectivity index (χ4n) is 2.24. The summed E-state index contributed by atoms with van der Waals surface area (Å²) >= 11 is 1.37. The summed E-state index contributed by atoms with van der Waals surface area (Å²) in [5.74, 6) is -0.351. The van der Waals surface area contributed by atoms with Crippen molar-refractivity contribution >= 4 is 23.2 Å². The molecular formula is C16H27N3O2S. The van der Waals surface area contributed by atoms with Crippen molar-refractivity contribution in [2.45, 2.75) is 46.2 Å². The van der Waals surface area contributed by atoms with Crippen molar-refractivity contribution in [3.63, 3.8) is 0 Å². The Labute approximate surface area is 137 Å². The van der Waals surface area contributed by atoms with E-state index in [0.717, 1.165) is 26.1 Å². The molecule has 0 aliphatic rings. The Hall–Kier alpha value is -1.40. The first-order valence-corrected chi connectivity index (χ1v) is 8.72. The summed E-state index contributed by atoms with van der Waals surface area (Å²) in [6, 6.07) is 3.08. The van der Waals surface area contributed by atoms with Gasteiger partial charge in [-0.05, 0) is 44.8 Å². The highest BCUT2D eigenvalue weighted by atomic mass is 32.1. The molecule has 0 aromatic carbocycles. The molecule has 0 saturated heterocycles. The summed E-state index contributed by atoms with van der Waals surface area (Å²) < 4.78 is 0. The third-order valence-electron chi connectivity index (χ3n) is 3.39. The van der Waals surface area contributed by atoms with Crippen LogP contribution in [0.3, 0.4) is 0 Å². The van der Waals surface area contributed by atoms with Crippen LogP contribution in [-0.2, 0) is 4.79 Å². The average Bonchev–Trinajstić information content (AvgIpc) is 3.00. The molecular weight excluding hydrogens is 298 g/mol. The van der Waals surface area contributed by atoms with Crippen molar-refractivity contribution in [2.75, 3.05) is 19.6 Å². The molecule has 0 saturated carbocycles. The summed E-state index contributed by atoms with van der Waals surface area (Å²) in [5.41, 5.74) is 0. The Kier molecular flexibility index (Phi) is 8.12. The number of amides is 2. The third-order valence-corrected chi connectivity index (χ3v) is 4.26. The zero-order chi connectivity index (χ0) is 16.5. The zero-order valence-electron chi connectivity index (χ0n) is 13.9. The highest BCUT2D eigenvalue weighted by molar-refractivity contribution is 7.12. The molecule has 2 amide bonds. The molecule has 1 heterocycles. The lowest BCUT2D eigenvalue weighted by Gasteiger charge is -2.25. The highest BCUT2D eigenvalue weighted by Gasteiger charge is 2.19. The van der Waals surface area contributed by atoms with Crippen molar-refractivity contribution < 1.29 is 9.59 Å². The number of carbonyl (C=O) groups excluding carboxylic acids is 2. The summed E-state index contributed by atoms with van der Waals surface area (Å²) in [7, 11) is 0. The molecule has 22 heavy (non-hydrogen) atoms. The van der Waals surface area contributed by atoms with Gasteiger partial charge >= 0.3 is 0 Å². The van der Waals surface area contributed by atoms with Gasteiger partial charge in [-0.3, -0.25) is 9.59 Å². The Bertz CT molecular complexity index is 462. The number of nitrogens with one attached hydrogen (secondary N) is 2. The normalized spacial score (nSPS) is 13.7. The molecule has 1 aromatic heterocycles. The maximum absolute atomic E-state index is 12.1. The van der Waals surface area contributed by atoms with Crippen molar-refractivity contribution in [1.82, 2.24) is 15.5 Å². The van der Waals surface area contributed by atoms with Gasteiger partial charge in [0.15, 0.2) is 0 Å². The molecule has 1 aromatic rings. The van der Waals surface area contributed by atoms with E-state index in [1.165, 1.54) is 11.3 Å². The quantitative estimate of drug-likeness (QED) is 0.731. The molecule has 0 unspecified atom stereocenters. The molecule has 0 aliphatic carbocycles. The fraction of sp³-hybridized carbons (Fsp3) is 0.625. The maximum atomic E-state index is 12.1. The number of hydrogen-bond acceptors (Lipinski definition) is 4. The highest BCUT2D eigenvalue weighted by Crippen LogP contribution is 2.08. The standard InChI is InChI=1S/C16H27N3O2S/c1-5-9-19(6-2)11-12(3)17-15(20)13(4)18-16(21)14-8-7-10-22-14/h7-8,10,12-13H,5-6,9,11H2,1-4H3,(H,17,20)(H,18,21)/t12-,13-/m1/s1. The molecule has 0 spiro atoms. The largest absolute Gasteiger partial charge is 0.351 e. The lowest BCUT2D eigenvalue weighted by atomic mass is 10.2. The van der Waals surface area contributed by atoms with Crippen LogP contribution in [0.1, 0.15) is 43.8 Å². The molecule has 2 N–H and O–H groups in total. The molecule has 1 rings (SSSR count). The fourth-order valence-corrected chi connectivity index (χ4v) is 2.86. The molecule has 0 fully saturated rings. The van der Waals surface area contributed by atoms with Crippen LogP contribution in [0.15, 0.2) is 17.5 Å². The number of rotatable bonds is 9. The van der Waals surface area contributed by atoms with Gasteiger partial charge in [-0.1, -0.05) is 19.9 Å². The Morgan fingerprint density at radius 3 is 2.55 bits per heavy atom. The Balaban J connectivity index is 2.41. The summed E-state index contributed by atoms with van der Waals surface area (Å²) in [5, 5.41) is 7.53. The van der Waals surface area contributed by atoms with Crippen LogP contribution in [0, 0.1) is 0 Å². The molecule has 0 bridgehead atoms. The topological polar surface area (TPSA) is 61.4 Å². The summed E-state index contributed by atoms with van der Waals surface area (Å²) in [6.45, 7) is 10.8. The molecule has 0 radical (unpaired) electrons. The third kappa shape index (κ3) is 6.15. The van der Waals surface area contributed by atoms with Crippen molar-refractivity contribution in [3.8, 4) is 0 Å². The second-order valence-corrected chi connectivity index (χ2v) is 6.42. The number of carbonyl (C=O) groups is 2. The summed E-state index contributed by atoms with van der Waals surface area (Å²) in [6.07, 6.45) is 1.10. The van der Waals surface area contributed by atoms with Crippen molar-refractivity contribution in [2.24, 2.45) is 0 Å². The van der Waals surface area contributed by atoms with Crippen molar-refractivity contribution in [1.29, 1.82) is 0 Å². The van der Waals surface area contributed by atoms with Crippen LogP contribution in [-0.4, -0.2) is 48.4 Å². The Morgan fingerprint density at radius 1 is 1.27 bits per heavy atom. The molecule has 0 aliphatic heterocycles. The van der Waals surface area contributed by atoms with Gasteiger partial charge in [-0.2, -0.15) is 0 Å². The smallest absolute Gasteiger partial charge is 0.261 e. The second-order valence-electron chi connectivity index (χ2n) is 5.48. The predicted octanol–water partition coefficient (Wildman–Crippen LogP) is 2.10. The van der Waals surface area contributed by atoms with Crippen LogP contribution in [0.4, 0.5) is 0 Å². The van der Waals surface area contributed by atoms with Crippen LogP contribution in [0.2, 0.25) is 0 Å². The number of thiophene rings is 1. The van der Waals surface area contributed by atoms with Gasteiger partial charge in [0, 0.05) is 12.6 Å². The van der Waals surface area contributed by atoms with E-state index in [1.807, 2.05) is 18.4 Å². The number of nitrogens with zero attached hydrogens (tertiary/aromatic N) is 1. The van der Waals surface area contributed by atoms with Gasteiger partial charge in [0.1, 0.15) is 6.04 Å². The minimum Gasteiger partial charge on any atom is -0.351 e. The first-order chi connectivity index (χ1) is 10.5. The maximum Gasteiger partial charge on any atom is 0.261 e. The van der Waals surface area contributed by atoms with Gasteiger partial charge in [0.05, 0.1) is 4.88 Å². The van der Waals surface area contributed by atoms with E-state index in [0.29, 0.717) is 4.88 Å². The van der Waals surface area contributed by atoms with Crippen LogP contribution in [0.5, 0.6) is 0 Å². The van der Waals surface area contributed by atoms with E-state index in [2.05, 4.69) is 29.4 Å². The van der Waals surface area contributed by atoms with E-state index in [9.17, 15) is 9.59 Å². The van der Waals surface area contributed by atoms with Crippen LogP contribution in [0.25, 0.3) is 0 Å². The van der Waals surface area contributed by atoms with E-state index in [4.69, 9.17) is 0 Å². The summed E-state index contributed by atoms with van der Waals surface area (Å²) in [4.78, 5) is 27.0. The molecule has 5 nitrogen and oxygen atoms in total. The van der Waals surface area contributed by atoms with Gasteiger partial charge in [-0.15, -0.1) is 11.3 Å². The van der Waals surface area contributed by atoms with E-state index >= 15 is 0 Å². The van der Waals surface area contributed by atoms with E-state index < -0.39 is 6.04 Å². The van der Waals surface area contributed by atoms with Crippen LogP contribution >= 0.6 is 11.3 Å². The Morgan fingerprint density at radius 2 is 2.00 bits per heavy atom. The molecule has 124 valence electrons. The minimum absolute atomic E-state index is 0.0556. The first kappa shape index (κ1) is 18.6. The van der Waals surface area contributed by atoms with Gasteiger partial charge in [-0.25, -0.2) is 0 Å². The minimum atomic E-state index is -0.543.